The van der Waals surface area contributed by atoms with Crippen LogP contribution in [0.3, 0.4) is 0 Å². The summed E-state index contributed by atoms with van der Waals surface area (Å²) in [6, 6.07) is 7.21. The molecule has 7 atom stereocenters. The number of aliphatic hydroxyl groups excluding tert-OH is 1. The summed E-state index contributed by atoms with van der Waals surface area (Å²) in [4.78, 5) is 97.6. The largest absolute Gasteiger partial charge is 0.508 e. The van der Waals surface area contributed by atoms with Crippen molar-refractivity contribution in [2.75, 3.05) is 7.05 Å². The van der Waals surface area contributed by atoms with Crippen LogP contribution in [0.4, 0.5) is 4.79 Å². The number of likely N-dealkylation sites (N-methyl/N-ethyl adjacent to an activating group) is 1. The topological polar surface area (TPSA) is 303 Å². The van der Waals surface area contributed by atoms with Crippen LogP contribution in [-0.2, 0) is 36.8 Å². The third-order valence-electron chi connectivity index (χ3n) is 10.2. The highest BCUT2D eigenvalue weighted by Gasteiger charge is 2.37. The SMILES string of the molecule is CC(C)CC(NC(=O)NC(Cc1c[nH]c2ccccc12)C(=O)O)C(=O)NC(C(=O)NC=C1CC(O)C(n2ccc(=O)[nH]c2=O)O1)C(C)N(C)C(=O)C(N)Cc1cccc(O)c1. The molecule has 61 heavy (non-hydrogen) atoms. The Kier molecular flexibility index (Phi) is 14.7. The van der Waals surface area contributed by atoms with Crippen molar-refractivity contribution in [2.45, 2.75) is 89.0 Å². The van der Waals surface area contributed by atoms with Crippen molar-refractivity contribution in [1.82, 2.24) is 40.7 Å². The number of hydrogen-bond donors (Lipinski definition) is 10. The molecule has 1 aliphatic rings. The molecule has 5 amide bonds. The Bertz CT molecular complexity index is 2390. The summed E-state index contributed by atoms with van der Waals surface area (Å²) in [5.74, 6) is -3.76. The molecule has 326 valence electrons. The number of nitrogens with one attached hydrogen (secondary N) is 6. The van der Waals surface area contributed by atoms with Gasteiger partial charge in [-0.2, -0.15) is 0 Å². The maximum absolute atomic E-state index is 14.1. The fraction of sp³-hybridized carbons (Fsp3) is 0.390. The third-order valence-corrected chi connectivity index (χ3v) is 10.2. The number of benzene rings is 2. The number of phenolic OH excluding ortho intramolecular Hbond substituents is 1. The molecule has 0 aliphatic carbocycles. The van der Waals surface area contributed by atoms with Gasteiger partial charge in [-0.05, 0) is 55.0 Å². The van der Waals surface area contributed by atoms with Crippen LogP contribution >= 0.6 is 0 Å². The van der Waals surface area contributed by atoms with Crippen molar-refractivity contribution in [2.24, 2.45) is 11.7 Å². The molecule has 20 heteroatoms. The second-order valence-electron chi connectivity index (χ2n) is 15.3. The molecule has 2 aromatic carbocycles. The highest BCUT2D eigenvalue weighted by molar-refractivity contribution is 5.94. The second-order valence-corrected chi connectivity index (χ2v) is 15.3. The molecule has 3 heterocycles. The van der Waals surface area contributed by atoms with Crippen LogP contribution in [0.5, 0.6) is 5.75 Å². The number of carboxylic acid groups (broad SMARTS) is 1. The quantitative estimate of drug-likeness (QED) is 0.0686. The van der Waals surface area contributed by atoms with E-state index in [1.54, 1.807) is 38.2 Å². The highest BCUT2D eigenvalue weighted by atomic mass is 16.5. The number of H-pyrrole nitrogens is 2. The monoisotopic (exact) mass is 845 g/mol. The highest BCUT2D eigenvalue weighted by Crippen LogP contribution is 2.30. The average Bonchev–Trinajstić information content (AvgIpc) is 3.79. The minimum atomic E-state index is -1.51. The van der Waals surface area contributed by atoms with Gasteiger partial charge in [-0.25, -0.2) is 14.4 Å². The van der Waals surface area contributed by atoms with Gasteiger partial charge in [-0.15, -0.1) is 0 Å². The molecular weight excluding hydrogens is 795 g/mol. The van der Waals surface area contributed by atoms with Crippen molar-refractivity contribution in [1.29, 1.82) is 0 Å². The maximum atomic E-state index is 14.1. The number of fused-ring (bicyclic) bond motifs is 1. The van der Waals surface area contributed by atoms with E-state index in [4.69, 9.17) is 10.5 Å². The first-order chi connectivity index (χ1) is 28.9. The predicted octanol–water partition coefficient (Wildman–Crippen LogP) is 0.272. The molecule has 1 saturated heterocycles. The first-order valence-corrected chi connectivity index (χ1v) is 19.5. The van der Waals surface area contributed by atoms with Crippen LogP contribution < -0.4 is 38.2 Å². The van der Waals surface area contributed by atoms with Crippen LogP contribution in [-0.4, -0.2) is 108 Å². The van der Waals surface area contributed by atoms with E-state index in [0.717, 1.165) is 33.9 Å². The molecule has 7 unspecified atom stereocenters. The number of phenols is 1. The number of amides is 5. The lowest BCUT2D eigenvalue weighted by Crippen LogP contribution is -2.62. The molecule has 0 spiro atoms. The predicted molar refractivity (Wildman–Crippen MR) is 221 cm³/mol. The van der Waals surface area contributed by atoms with E-state index in [1.807, 2.05) is 18.2 Å². The molecule has 4 aromatic rings. The van der Waals surface area contributed by atoms with Gasteiger partial charge in [0.1, 0.15) is 35.7 Å². The van der Waals surface area contributed by atoms with E-state index in [-0.39, 0.29) is 43.1 Å². The van der Waals surface area contributed by atoms with Crippen LogP contribution in [0.25, 0.3) is 10.9 Å². The Labute approximate surface area is 349 Å². The lowest BCUT2D eigenvalue weighted by atomic mass is 10.0. The number of nitrogens with zero attached hydrogens (tertiary/aromatic N) is 2. The molecule has 0 saturated carbocycles. The number of para-hydroxylation sites is 1. The Morgan fingerprint density at radius 3 is 2.39 bits per heavy atom. The molecule has 11 N–H and O–H groups in total. The first kappa shape index (κ1) is 45.2. The van der Waals surface area contributed by atoms with Crippen molar-refractivity contribution < 1.29 is 44.0 Å². The molecule has 1 aliphatic heterocycles. The van der Waals surface area contributed by atoms with E-state index in [1.165, 1.54) is 31.0 Å². The summed E-state index contributed by atoms with van der Waals surface area (Å²) in [6.45, 7) is 5.08. The number of nitrogens with two attached hydrogens (primary N) is 1. The first-order valence-electron chi connectivity index (χ1n) is 19.5. The van der Waals surface area contributed by atoms with Crippen molar-refractivity contribution in [3.8, 4) is 5.75 Å². The van der Waals surface area contributed by atoms with E-state index in [9.17, 15) is 48.9 Å². The normalized spacial score (nSPS) is 18.0. The number of aliphatic carboxylic acids is 1. The van der Waals surface area contributed by atoms with Crippen molar-refractivity contribution in [3.63, 3.8) is 0 Å². The number of hydrogen-bond acceptors (Lipinski definition) is 11. The van der Waals surface area contributed by atoms with Gasteiger partial charge in [-0.1, -0.05) is 44.2 Å². The van der Waals surface area contributed by atoms with Gasteiger partial charge in [0.2, 0.25) is 23.9 Å². The zero-order valence-electron chi connectivity index (χ0n) is 34.0. The average molecular weight is 846 g/mol. The fourth-order valence-corrected chi connectivity index (χ4v) is 6.94. The van der Waals surface area contributed by atoms with E-state index in [2.05, 4.69) is 31.2 Å². The maximum Gasteiger partial charge on any atom is 0.331 e. The number of ether oxygens (including phenoxy) is 1. The Morgan fingerprint density at radius 2 is 1.70 bits per heavy atom. The van der Waals surface area contributed by atoms with Crippen LogP contribution in [0.2, 0.25) is 0 Å². The number of carbonyl (C=O) groups excluding carboxylic acids is 4. The zero-order chi connectivity index (χ0) is 44.5. The van der Waals surface area contributed by atoms with Gasteiger partial charge < -0.3 is 56.9 Å². The lowest BCUT2D eigenvalue weighted by molar-refractivity contribution is -0.139. The minimum absolute atomic E-state index is 0.0192. The zero-order valence-corrected chi connectivity index (χ0v) is 34.0. The number of rotatable bonds is 17. The summed E-state index contributed by atoms with van der Waals surface area (Å²) < 4.78 is 6.69. The standard InChI is InChI=1S/C41H51N9O11/c1-21(2)14-30(45-40(59)46-31(39(57)58)17-24-19-43-29-11-6-5-10-27(24)29)35(54)48-34(22(3)49(4)37(56)28(42)16-23-8-7-9-25(51)15-23)36(55)44-20-26-18-32(52)38(61-26)50-13-12-33(53)47-41(50)60/h5-13,15,19-22,28,30-32,34,38,43,51-52H,14,16-18,42H2,1-4H3,(H,44,55)(H,48,54)(H,57,58)(H2,45,46,59)(H,47,53,60). The second kappa shape index (κ2) is 19.9. The molecule has 20 nitrogen and oxygen atoms in total. The summed E-state index contributed by atoms with van der Waals surface area (Å²) in [6.07, 6.45) is 1.31. The molecule has 5 rings (SSSR count). The summed E-state index contributed by atoms with van der Waals surface area (Å²) in [7, 11) is 1.39. The van der Waals surface area contributed by atoms with Gasteiger partial charge in [0.15, 0.2) is 0 Å². The lowest BCUT2D eigenvalue weighted by Gasteiger charge is -2.34. The van der Waals surface area contributed by atoms with Gasteiger partial charge in [0.05, 0.1) is 12.1 Å². The summed E-state index contributed by atoms with van der Waals surface area (Å²) >= 11 is 0. The molecule has 0 radical (unpaired) electrons. The number of aromatic amines is 2. The molecule has 0 bridgehead atoms. The number of urea groups is 1. The van der Waals surface area contributed by atoms with Crippen LogP contribution in [0.1, 0.15) is 51.0 Å². The van der Waals surface area contributed by atoms with E-state index in [0.29, 0.717) is 11.1 Å². The molecular formula is C41H51N9O11. The Hall–Kier alpha value is -6.93. The minimum Gasteiger partial charge on any atom is -0.508 e. The van der Waals surface area contributed by atoms with Crippen LogP contribution in [0.15, 0.2) is 88.5 Å². The summed E-state index contributed by atoms with van der Waals surface area (Å²) in [5.41, 5.74) is 6.81. The smallest absolute Gasteiger partial charge is 0.331 e. The van der Waals surface area contributed by atoms with Gasteiger partial charge in [-0.3, -0.25) is 28.7 Å². The fourth-order valence-electron chi connectivity index (χ4n) is 6.94. The van der Waals surface area contributed by atoms with Crippen molar-refractivity contribution >= 4 is 40.6 Å². The third kappa shape index (κ3) is 11.6. The number of carbonyl (C=O) groups is 5. The molecule has 1 fully saturated rings. The van der Waals surface area contributed by atoms with Crippen LogP contribution in [0, 0.1) is 5.92 Å². The van der Waals surface area contributed by atoms with E-state index < -0.39 is 83.5 Å². The Balaban J connectivity index is 1.35. The number of aromatic nitrogens is 3. The number of aliphatic hydroxyl groups is 1. The van der Waals surface area contributed by atoms with Gasteiger partial charge >= 0.3 is 17.7 Å². The summed E-state index contributed by atoms with van der Waals surface area (Å²) in [5, 5.41) is 41.5. The van der Waals surface area contributed by atoms with E-state index >= 15 is 0 Å². The molecule has 2 aromatic heterocycles. The van der Waals surface area contributed by atoms with Crippen molar-refractivity contribution in [3.05, 3.63) is 111 Å². The van der Waals surface area contributed by atoms with Gasteiger partial charge in [0, 0.05) is 55.5 Å². The Morgan fingerprint density at radius 1 is 0.984 bits per heavy atom. The number of aromatic hydroxyl groups is 1. The number of carboxylic acids is 1. The van der Waals surface area contributed by atoms with Gasteiger partial charge in [0.25, 0.3) is 5.56 Å².